The lowest BCUT2D eigenvalue weighted by Gasteiger charge is -2.07. The van der Waals surface area contributed by atoms with Gasteiger partial charge in [0.25, 0.3) is 5.91 Å². The number of carbonyl (C=O) groups is 2. The second-order valence-corrected chi connectivity index (χ2v) is 6.20. The SMILES string of the molecule is O=C(COc1ccccc1)NCCNC(=O)c1nc(-c2ccc3c(c2)OCO3)no1. The van der Waals surface area contributed by atoms with Gasteiger partial charge in [-0.2, -0.15) is 4.98 Å². The molecule has 0 unspecified atom stereocenters. The molecule has 30 heavy (non-hydrogen) atoms. The van der Waals surface area contributed by atoms with Crippen LogP contribution in [0.1, 0.15) is 10.7 Å². The number of fused-ring (bicyclic) bond motifs is 1. The molecule has 2 heterocycles. The van der Waals surface area contributed by atoms with Gasteiger partial charge in [-0.15, -0.1) is 0 Å². The van der Waals surface area contributed by atoms with Crippen LogP contribution in [0.4, 0.5) is 0 Å². The summed E-state index contributed by atoms with van der Waals surface area (Å²) in [5, 5.41) is 9.06. The van der Waals surface area contributed by atoms with Crippen molar-refractivity contribution in [3.8, 4) is 28.6 Å². The van der Waals surface area contributed by atoms with Crippen molar-refractivity contribution in [2.45, 2.75) is 0 Å². The Balaban J connectivity index is 1.21. The van der Waals surface area contributed by atoms with Crippen molar-refractivity contribution in [3.05, 3.63) is 54.4 Å². The minimum absolute atomic E-state index is 0.111. The van der Waals surface area contributed by atoms with Crippen molar-refractivity contribution >= 4 is 11.8 Å². The lowest BCUT2D eigenvalue weighted by molar-refractivity contribution is -0.123. The zero-order valence-electron chi connectivity index (χ0n) is 15.8. The smallest absolute Gasteiger partial charge is 0.316 e. The monoisotopic (exact) mass is 410 g/mol. The maximum absolute atomic E-state index is 12.1. The minimum Gasteiger partial charge on any atom is -0.484 e. The van der Waals surface area contributed by atoms with Gasteiger partial charge in [0.2, 0.25) is 12.6 Å². The molecule has 0 saturated carbocycles. The summed E-state index contributed by atoms with van der Waals surface area (Å²) in [5.41, 5.74) is 0.632. The average molecular weight is 410 g/mol. The summed E-state index contributed by atoms with van der Waals surface area (Å²) >= 11 is 0. The summed E-state index contributed by atoms with van der Waals surface area (Å²) in [6.07, 6.45) is 0. The molecule has 1 aliphatic heterocycles. The standard InChI is InChI=1S/C20H18N4O6/c25-17(11-27-14-4-2-1-3-5-14)21-8-9-22-19(26)20-23-18(24-30-20)13-6-7-15-16(10-13)29-12-28-15/h1-7,10H,8-9,11-12H2,(H,21,25)(H,22,26). The molecule has 2 aromatic carbocycles. The molecule has 3 aromatic rings. The number of benzene rings is 2. The topological polar surface area (TPSA) is 125 Å². The van der Waals surface area contributed by atoms with Gasteiger partial charge < -0.3 is 29.4 Å². The van der Waals surface area contributed by atoms with E-state index in [2.05, 4.69) is 20.8 Å². The van der Waals surface area contributed by atoms with Crippen LogP contribution in [0.2, 0.25) is 0 Å². The Hall–Kier alpha value is -4.08. The fourth-order valence-corrected chi connectivity index (χ4v) is 2.64. The van der Waals surface area contributed by atoms with Gasteiger partial charge in [-0.3, -0.25) is 9.59 Å². The molecule has 2 N–H and O–H groups in total. The Morgan fingerprint density at radius 2 is 1.80 bits per heavy atom. The summed E-state index contributed by atoms with van der Waals surface area (Å²) in [6, 6.07) is 14.2. The fraction of sp³-hybridized carbons (Fsp3) is 0.200. The molecule has 4 rings (SSSR count). The molecule has 1 aliphatic rings. The Kier molecular flexibility index (Phi) is 5.74. The lowest BCUT2D eigenvalue weighted by Crippen LogP contribution is -2.36. The third-order valence-corrected chi connectivity index (χ3v) is 4.10. The van der Waals surface area contributed by atoms with Crippen molar-refractivity contribution in [2.75, 3.05) is 26.5 Å². The van der Waals surface area contributed by atoms with Crippen LogP contribution in [0, 0.1) is 0 Å². The van der Waals surface area contributed by atoms with Gasteiger partial charge in [0, 0.05) is 18.7 Å². The second kappa shape index (κ2) is 8.95. The largest absolute Gasteiger partial charge is 0.484 e. The predicted octanol–water partition coefficient (Wildman–Crippen LogP) is 1.39. The third-order valence-electron chi connectivity index (χ3n) is 4.10. The van der Waals surface area contributed by atoms with Gasteiger partial charge in [-0.1, -0.05) is 23.4 Å². The molecular formula is C20H18N4O6. The van der Waals surface area contributed by atoms with Gasteiger partial charge in [-0.05, 0) is 30.3 Å². The molecule has 1 aromatic heterocycles. The van der Waals surface area contributed by atoms with Crippen LogP contribution >= 0.6 is 0 Å². The quantitative estimate of drug-likeness (QED) is 0.534. The minimum atomic E-state index is -0.538. The number of ether oxygens (including phenoxy) is 3. The maximum atomic E-state index is 12.1. The van der Waals surface area contributed by atoms with Crippen LogP contribution < -0.4 is 24.8 Å². The van der Waals surface area contributed by atoms with E-state index in [-0.39, 0.29) is 44.1 Å². The molecule has 0 atom stereocenters. The molecular weight excluding hydrogens is 392 g/mol. The highest BCUT2D eigenvalue weighted by Crippen LogP contribution is 2.35. The number of nitrogens with one attached hydrogen (secondary N) is 2. The van der Waals surface area contributed by atoms with E-state index >= 15 is 0 Å². The first-order valence-corrected chi connectivity index (χ1v) is 9.15. The number of hydrogen-bond donors (Lipinski definition) is 2. The maximum Gasteiger partial charge on any atom is 0.316 e. The third kappa shape index (κ3) is 4.66. The highest BCUT2D eigenvalue weighted by atomic mass is 16.7. The van der Waals surface area contributed by atoms with Crippen LogP contribution in [0.25, 0.3) is 11.4 Å². The highest BCUT2D eigenvalue weighted by molar-refractivity contribution is 5.90. The number of hydrogen-bond acceptors (Lipinski definition) is 8. The normalized spacial score (nSPS) is 11.7. The van der Waals surface area contributed by atoms with Crippen molar-refractivity contribution in [2.24, 2.45) is 0 Å². The molecule has 10 nitrogen and oxygen atoms in total. The number of aromatic nitrogens is 2. The predicted molar refractivity (Wildman–Crippen MR) is 103 cm³/mol. The summed E-state index contributed by atoms with van der Waals surface area (Å²) in [5.74, 6) is 1.06. The van der Waals surface area contributed by atoms with E-state index in [1.165, 1.54) is 0 Å². The Labute approximate surface area is 171 Å². The Morgan fingerprint density at radius 1 is 1.00 bits per heavy atom. The number of rotatable bonds is 8. The lowest BCUT2D eigenvalue weighted by atomic mass is 10.2. The zero-order chi connectivity index (χ0) is 20.8. The van der Waals surface area contributed by atoms with Crippen molar-refractivity contribution < 1.29 is 28.3 Å². The van der Waals surface area contributed by atoms with Crippen molar-refractivity contribution in [3.63, 3.8) is 0 Å². The molecule has 0 bridgehead atoms. The Morgan fingerprint density at radius 3 is 2.67 bits per heavy atom. The summed E-state index contributed by atoms with van der Waals surface area (Å²) in [4.78, 5) is 28.0. The summed E-state index contributed by atoms with van der Waals surface area (Å²) < 4.78 is 20.9. The molecule has 0 aliphatic carbocycles. The number of amides is 2. The van der Waals surface area contributed by atoms with E-state index in [1.807, 2.05) is 18.2 Å². The first-order valence-electron chi connectivity index (χ1n) is 9.15. The van der Waals surface area contributed by atoms with E-state index in [0.717, 1.165) is 0 Å². The number of carbonyl (C=O) groups excluding carboxylic acids is 2. The number of para-hydroxylation sites is 1. The second-order valence-electron chi connectivity index (χ2n) is 6.20. The van der Waals surface area contributed by atoms with Crippen LogP contribution in [0.3, 0.4) is 0 Å². The molecule has 10 heteroatoms. The van der Waals surface area contributed by atoms with E-state index in [4.69, 9.17) is 18.7 Å². The summed E-state index contributed by atoms with van der Waals surface area (Å²) in [7, 11) is 0. The van der Waals surface area contributed by atoms with Crippen LogP contribution in [-0.4, -0.2) is 48.4 Å². The van der Waals surface area contributed by atoms with Gasteiger partial charge in [0.05, 0.1) is 0 Å². The first kappa shape index (κ1) is 19.2. The van der Waals surface area contributed by atoms with E-state index in [0.29, 0.717) is 22.8 Å². The molecule has 0 fully saturated rings. The molecule has 154 valence electrons. The first-order chi connectivity index (χ1) is 14.7. The molecule has 2 amide bonds. The fourth-order valence-electron chi connectivity index (χ4n) is 2.64. The van der Waals surface area contributed by atoms with E-state index in [1.54, 1.807) is 30.3 Å². The summed E-state index contributed by atoms with van der Waals surface area (Å²) in [6.45, 7) is 0.470. The van der Waals surface area contributed by atoms with E-state index in [9.17, 15) is 9.59 Å². The molecule has 0 saturated heterocycles. The highest BCUT2D eigenvalue weighted by Gasteiger charge is 2.19. The molecule has 0 radical (unpaired) electrons. The van der Waals surface area contributed by atoms with Crippen molar-refractivity contribution in [1.29, 1.82) is 0 Å². The van der Waals surface area contributed by atoms with Gasteiger partial charge >= 0.3 is 11.8 Å². The van der Waals surface area contributed by atoms with Crippen LogP contribution in [-0.2, 0) is 4.79 Å². The van der Waals surface area contributed by atoms with Crippen LogP contribution in [0.15, 0.2) is 53.1 Å². The number of nitrogens with zero attached hydrogens (tertiary/aromatic N) is 2. The zero-order valence-corrected chi connectivity index (χ0v) is 15.8. The van der Waals surface area contributed by atoms with Gasteiger partial charge in [0.1, 0.15) is 5.75 Å². The van der Waals surface area contributed by atoms with E-state index < -0.39 is 5.91 Å². The Bertz CT molecular complexity index is 1040. The average Bonchev–Trinajstić information content (AvgIpc) is 3.45. The van der Waals surface area contributed by atoms with Crippen molar-refractivity contribution in [1.82, 2.24) is 20.8 Å². The molecule has 0 spiro atoms. The van der Waals surface area contributed by atoms with Crippen LogP contribution in [0.5, 0.6) is 17.2 Å². The van der Waals surface area contributed by atoms with Gasteiger partial charge in [-0.25, -0.2) is 0 Å². The van der Waals surface area contributed by atoms with Gasteiger partial charge in [0.15, 0.2) is 18.1 Å².